The summed E-state index contributed by atoms with van der Waals surface area (Å²) in [6.07, 6.45) is 0. The Balaban J connectivity index is 3.15. The number of Topliss-reactive ketones (excluding diaryl/α,β-unsaturated/α-hetero) is 1. The maximum absolute atomic E-state index is 11.6. The third-order valence-corrected chi connectivity index (χ3v) is 2.37. The van der Waals surface area contributed by atoms with E-state index in [1.54, 1.807) is 12.1 Å². The minimum Gasteiger partial charge on any atom is -0.497 e. The van der Waals surface area contributed by atoms with Crippen LogP contribution in [0.4, 0.5) is 0 Å². The standard InChI is InChI=1S/C11H11BrO4/c1-7(13)16-11-4-3-8(15-2)5-9(11)10(14)6-12/h3-5H,6H2,1-2H3. The van der Waals surface area contributed by atoms with Crippen molar-refractivity contribution in [2.45, 2.75) is 6.92 Å². The monoisotopic (exact) mass is 286 g/mol. The fraction of sp³-hybridized carbons (Fsp3) is 0.273. The van der Waals surface area contributed by atoms with E-state index in [0.717, 1.165) is 0 Å². The van der Waals surface area contributed by atoms with Crippen LogP contribution >= 0.6 is 15.9 Å². The molecule has 0 saturated heterocycles. The molecule has 0 atom stereocenters. The number of carbonyl (C=O) groups is 2. The molecule has 0 bridgehead atoms. The van der Waals surface area contributed by atoms with Crippen molar-refractivity contribution < 1.29 is 19.1 Å². The summed E-state index contributed by atoms with van der Waals surface area (Å²) in [5.41, 5.74) is 0.325. The number of hydrogen-bond donors (Lipinski definition) is 0. The van der Waals surface area contributed by atoms with Crippen LogP contribution in [0.15, 0.2) is 18.2 Å². The third-order valence-electron chi connectivity index (χ3n) is 1.86. The lowest BCUT2D eigenvalue weighted by atomic mass is 10.1. The topological polar surface area (TPSA) is 52.6 Å². The van der Waals surface area contributed by atoms with Gasteiger partial charge in [-0.05, 0) is 18.2 Å². The first kappa shape index (κ1) is 12.7. The van der Waals surface area contributed by atoms with E-state index in [1.807, 2.05) is 0 Å². The average molecular weight is 287 g/mol. The van der Waals surface area contributed by atoms with Crippen LogP contribution in [0.25, 0.3) is 0 Å². The fourth-order valence-corrected chi connectivity index (χ4v) is 1.47. The van der Waals surface area contributed by atoms with Crippen molar-refractivity contribution in [3.8, 4) is 11.5 Å². The average Bonchev–Trinajstić information content (AvgIpc) is 2.28. The van der Waals surface area contributed by atoms with Gasteiger partial charge in [0.25, 0.3) is 0 Å². The highest BCUT2D eigenvalue weighted by Gasteiger charge is 2.14. The van der Waals surface area contributed by atoms with E-state index in [-0.39, 0.29) is 16.9 Å². The summed E-state index contributed by atoms with van der Waals surface area (Å²) >= 11 is 3.07. The second-order valence-corrected chi connectivity index (χ2v) is 3.57. The molecule has 0 heterocycles. The van der Waals surface area contributed by atoms with Crippen LogP contribution < -0.4 is 9.47 Å². The normalized spacial score (nSPS) is 9.69. The number of rotatable bonds is 4. The van der Waals surface area contributed by atoms with E-state index in [0.29, 0.717) is 11.3 Å². The lowest BCUT2D eigenvalue weighted by molar-refractivity contribution is -0.131. The van der Waals surface area contributed by atoms with Crippen LogP contribution in [0, 0.1) is 0 Å². The van der Waals surface area contributed by atoms with Crippen LogP contribution in [0.5, 0.6) is 11.5 Å². The minimum absolute atomic E-state index is 0.161. The molecule has 0 aliphatic heterocycles. The zero-order chi connectivity index (χ0) is 12.1. The molecule has 0 N–H and O–H groups in total. The first-order chi connectivity index (χ1) is 7.58. The predicted molar refractivity (Wildman–Crippen MR) is 62.4 cm³/mol. The third kappa shape index (κ3) is 3.06. The summed E-state index contributed by atoms with van der Waals surface area (Å²) in [4.78, 5) is 22.4. The summed E-state index contributed by atoms with van der Waals surface area (Å²) in [5, 5.41) is 0.161. The zero-order valence-electron chi connectivity index (χ0n) is 8.95. The molecule has 0 unspecified atom stereocenters. The molecular weight excluding hydrogens is 276 g/mol. The molecule has 1 rings (SSSR count). The van der Waals surface area contributed by atoms with Gasteiger partial charge in [-0.1, -0.05) is 15.9 Å². The molecule has 0 aliphatic carbocycles. The molecular formula is C11H11BrO4. The number of halogens is 1. The second kappa shape index (κ2) is 5.65. The highest BCUT2D eigenvalue weighted by molar-refractivity contribution is 9.09. The van der Waals surface area contributed by atoms with Crippen LogP contribution in [0.3, 0.4) is 0 Å². The summed E-state index contributed by atoms with van der Waals surface area (Å²) in [5.74, 6) is 0.155. The molecule has 0 amide bonds. The molecule has 0 saturated carbocycles. The molecule has 0 aromatic heterocycles. The molecule has 1 aromatic rings. The van der Waals surface area contributed by atoms with Crippen molar-refractivity contribution in [1.29, 1.82) is 0 Å². The molecule has 4 nitrogen and oxygen atoms in total. The maximum Gasteiger partial charge on any atom is 0.308 e. The van der Waals surface area contributed by atoms with Crippen molar-refractivity contribution in [2.75, 3.05) is 12.4 Å². The molecule has 0 aliphatic rings. The first-order valence-electron chi connectivity index (χ1n) is 4.54. The number of ketones is 1. The molecule has 0 spiro atoms. The van der Waals surface area contributed by atoms with Gasteiger partial charge < -0.3 is 9.47 Å². The van der Waals surface area contributed by atoms with E-state index in [1.165, 1.54) is 20.1 Å². The van der Waals surface area contributed by atoms with Gasteiger partial charge in [0.1, 0.15) is 11.5 Å². The Bertz CT molecular complexity index is 414. The number of ether oxygens (including phenoxy) is 2. The van der Waals surface area contributed by atoms with Crippen LogP contribution in [0.2, 0.25) is 0 Å². The Kier molecular flexibility index (Phi) is 4.49. The maximum atomic E-state index is 11.6. The van der Waals surface area contributed by atoms with Crippen LogP contribution in [0.1, 0.15) is 17.3 Å². The van der Waals surface area contributed by atoms with E-state index in [2.05, 4.69) is 15.9 Å². The van der Waals surface area contributed by atoms with Crippen LogP contribution in [-0.2, 0) is 4.79 Å². The van der Waals surface area contributed by atoms with Gasteiger partial charge in [0.2, 0.25) is 0 Å². The summed E-state index contributed by atoms with van der Waals surface area (Å²) in [6, 6.07) is 4.71. The lowest BCUT2D eigenvalue weighted by Crippen LogP contribution is -2.08. The minimum atomic E-state index is -0.464. The van der Waals surface area contributed by atoms with Crippen molar-refractivity contribution in [1.82, 2.24) is 0 Å². The van der Waals surface area contributed by atoms with Crippen molar-refractivity contribution in [3.63, 3.8) is 0 Å². The van der Waals surface area contributed by atoms with Gasteiger partial charge in [-0.25, -0.2) is 0 Å². The first-order valence-corrected chi connectivity index (χ1v) is 5.66. The van der Waals surface area contributed by atoms with Crippen molar-refractivity contribution in [3.05, 3.63) is 23.8 Å². The Morgan fingerprint density at radius 2 is 2.06 bits per heavy atom. The van der Waals surface area contributed by atoms with Gasteiger partial charge in [0.05, 0.1) is 18.0 Å². The molecule has 16 heavy (non-hydrogen) atoms. The Morgan fingerprint density at radius 1 is 1.38 bits per heavy atom. The summed E-state index contributed by atoms with van der Waals surface area (Å²) in [7, 11) is 1.50. The van der Waals surface area contributed by atoms with Gasteiger partial charge in [-0.2, -0.15) is 0 Å². The number of carbonyl (C=O) groups excluding carboxylic acids is 2. The number of esters is 1. The van der Waals surface area contributed by atoms with Crippen molar-refractivity contribution >= 4 is 27.7 Å². The number of methoxy groups -OCH3 is 1. The Morgan fingerprint density at radius 3 is 2.56 bits per heavy atom. The van der Waals surface area contributed by atoms with Gasteiger partial charge in [0.15, 0.2) is 5.78 Å². The van der Waals surface area contributed by atoms with Gasteiger partial charge in [-0.3, -0.25) is 9.59 Å². The zero-order valence-corrected chi connectivity index (χ0v) is 10.5. The van der Waals surface area contributed by atoms with Gasteiger partial charge >= 0.3 is 5.97 Å². The molecule has 0 radical (unpaired) electrons. The molecule has 0 fully saturated rings. The van der Waals surface area contributed by atoms with Gasteiger partial charge in [-0.15, -0.1) is 0 Å². The number of alkyl halides is 1. The Hall–Kier alpha value is -1.36. The lowest BCUT2D eigenvalue weighted by Gasteiger charge is -2.08. The molecule has 86 valence electrons. The molecule has 5 heteroatoms. The van der Waals surface area contributed by atoms with E-state index in [4.69, 9.17) is 9.47 Å². The smallest absolute Gasteiger partial charge is 0.308 e. The predicted octanol–water partition coefficient (Wildman–Crippen LogP) is 2.20. The second-order valence-electron chi connectivity index (χ2n) is 3.01. The SMILES string of the molecule is COc1ccc(OC(C)=O)c(C(=O)CBr)c1. The Labute approximate surface area is 102 Å². The highest BCUT2D eigenvalue weighted by Crippen LogP contribution is 2.25. The van der Waals surface area contributed by atoms with E-state index < -0.39 is 5.97 Å². The molecule has 1 aromatic carbocycles. The van der Waals surface area contributed by atoms with E-state index >= 15 is 0 Å². The summed E-state index contributed by atoms with van der Waals surface area (Å²) < 4.78 is 9.93. The van der Waals surface area contributed by atoms with E-state index in [9.17, 15) is 9.59 Å². The quantitative estimate of drug-likeness (QED) is 0.369. The largest absolute Gasteiger partial charge is 0.497 e. The summed E-state index contributed by atoms with van der Waals surface area (Å²) in [6.45, 7) is 1.28. The van der Waals surface area contributed by atoms with Gasteiger partial charge in [0, 0.05) is 6.92 Å². The fourth-order valence-electron chi connectivity index (χ4n) is 1.17. The highest BCUT2D eigenvalue weighted by atomic mass is 79.9. The van der Waals surface area contributed by atoms with Crippen molar-refractivity contribution in [2.24, 2.45) is 0 Å². The number of benzene rings is 1. The number of hydrogen-bond acceptors (Lipinski definition) is 4. The van der Waals surface area contributed by atoms with Crippen LogP contribution in [-0.4, -0.2) is 24.2 Å².